The molecule has 0 atom stereocenters. The van der Waals surface area contributed by atoms with Gasteiger partial charge in [-0.2, -0.15) is 0 Å². The minimum atomic E-state index is -0.0193. The summed E-state index contributed by atoms with van der Waals surface area (Å²) in [4.78, 5) is 2.45. The van der Waals surface area contributed by atoms with Gasteiger partial charge in [-0.05, 0) is 44.1 Å². The van der Waals surface area contributed by atoms with Crippen molar-refractivity contribution in [2.24, 2.45) is 11.3 Å². The first-order chi connectivity index (χ1) is 6.87. The zero-order valence-corrected chi connectivity index (χ0v) is 10.8. The lowest BCUT2D eigenvalue weighted by Crippen LogP contribution is -2.35. The molecule has 1 N–H and O–H groups in total. The van der Waals surface area contributed by atoms with E-state index in [0.717, 1.165) is 25.3 Å². The van der Waals surface area contributed by atoms with Crippen LogP contribution in [0.3, 0.4) is 0 Å². The molecule has 0 aromatic carbocycles. The molecule has 2 nitrogen and oxygen atoms in total. The second-order valence-electron chi connectivity index (χ2n) is 6.43. The maximum atomic E-state index is 9.43. The molecule has 0 unspecified atom stereocenters. The van der Waals surface area contributed by atoms with Crippen LogP contribution in [-0.4, -0.2) is 36.2 Å². The van der Waals surface area contributed by atoms with E-state index in [1.807, 2.05) is 0 Å². The monoisotopic (exact) mass is 213 g/mol. The number of hydrogen-bond acceptors (Lipinski definition) is 2. The van der Waals surface area contributed by atoms with Gasteiger partial charge in [-0.25, -0.2) is 0 Å². The van der Waals surface area contributed by atoms with Gasteiger partial charge in [0.15, 0.2) is 0 Å². The number of aliphatic hydroxyl groups is 1. The highest BCUT2D eigenvalue weighted by molar-refractivity contribution is 4.75. The minimum absolute atomic E-state index is 0.0193. The predicted octanol–water partition coefficient (Wildman–Crippen LogP) is 2.52. The van der Waals surface area contributed by atoms with E-state index in [1.165, 1.54) is 19.4 Å². The van der Waals surface area contributed by atoms with E-state index >= 15 is 0 Å². The molecule has 0 spiro atoms. The maximum Gasteiger partial charge on any atom is 0.0540 e. The first kappa shape index (κ1) is 13.0. The Hall–Kier alpha value is -0.0800. The number of aliphatic hydroxyl groups excluding tert-OH is 1. The van der Waals surface area contributed by atoms with Crippen LogP contribution >= 0.6 is 0 Å². The smallest absolute Gasteiger partial charge is 0.0540 e. The van der Waals surface area contributed by atoms with Crippen molar-refractivity contribution in [2.75, 3.05) is 20.1 Å². The zero-order chi connectivity index (χ0) is 11.5. The SMILES string of the molecule is CN(CC1CCC(O)CC1)CC(C)(C)C. The quantitative estimate of drug-likeness (QED) is 0.778. The highest BCUT2D eigenvalue weighted by Crippen LogP contribution is 2.25. The van der Waals surface area contributed by atoms with Crippen molar-refractivity contribution in [3.05, 3.63) is 0 Å². The third kappa shape index (κ3) is 5.53. The summed E-state index contributed by atoms with van der Waals surface area (Å²) >= 11 is 0. The van der Waals surface area contributed by atoms with Crippen LogP contribution in [0, 0.1) is 11.3 Å². The van der Waals surface area contributed by atoms with Crippen molar-refractivity contribution >= 4 is 0 Å². The molecule has 90 valence electrons. The molecule has 0 radical (unpaired) electrons. The summed E-state index contributed by atoms with van der Waals surface area (Å²) in [5, 5.41) is 9.43. The average molecular weight is 213 g/mol. The van der Waals surface area contributed by atoms with Crippen LogP contribution in [0.4, 0.5) is 0 Å². The van der Waals surface area contributed by atoms with Crippen molar-refractivity contribution < 1.29 is 5.11 Å². The molecule has 0 aromatic rings. The van der Waals surface area contributed by atoms with Gasteiger partial charge in [-0.1, -0.05) is 20.8 Å². The van der Waals surface area contributed by atoms with Gasteiger partial charge in [0.05, 0.1) is 6.10 Å². The highest BCUT2D eigenvalue weighted by atomic mass is 16.3. The summed E-state index contributed by atoms with van der Waals surface area (Å²) in [6.45, 7) is 9.21. The van der Waals surface area contributed by atoms with Gasteiger partial charge in [0, 0.05) is 13.1 Å². The van der Waals surface area contributed by atoms with Gasteiger partial charge in [-0.15, -0.1) is 0 Å². The molecular weight excluding hydrogens is 186 g/mol. The molecule has 0 bridgehead atoms. The normalized spacial score (nSPS) is 28.4. The molecule has 2 heteroatoms. The first-order valence-corrected chi connectivity index (χ1v) is 6.23. The molecule has 1 fully saturated rings. The van der Waals surface area contributed by atoms with Gasteiger partial charge in [-0.3, -0.25) is 0 Å². The molecule has 0 aromatic heterocycles. The molecule has 15 heavy (non-hydrogen) atoms. The van der Waals surface area contributed by atoms with Gasteiger partial charge in [0.25, 0.3) is 0 Å². The van der Waals surface area contributed by atoms with Gasteiger partial charge >= 0.3 is 0 Å². The highest BCUT2D eigenvalue weighted by Gasteiger charge is 2.22. The van der Waals surface area contributed by atoms with Gasteiger partial charge in [0.2, 0.25) is 0 Å². The number of hydrogen-bond donors (Lipinski definition) is 1. The fourth-order valence-corrected chi connectivity index (χ4v) is 2.64. The molecule has 0 aliphatic heterocycles. The maximum absolute atomic E-state index is 9.43. The van der Waals surface area contributed by atoms with Crippen molar-refractivity contribution in [2.45, 2.75) is 52.6 Å². The largest absolute Gasteiger partial charge is 0.393 e. The Labute approximate surface area is 94.7 Å². The molecule has 0 saturated heterocycles. The van der Waals surface area contributed by atoms with Gasteiger partial charge in [0.1, 0.15) is 0 Å². The van der Waals surface area contributed by atoms with Crippen LogP contribution in [0.5, 0.6) is 0 Å². The second-order valence-corrected chi connectivity index (χ2v) is 6.43. The number of nitrogens with zero attached hydrogens (tertiary/aromatic N) is 1. The molecule has 1 saturated carbocycles. The van der Waals surface area contributed by atoms with E-state index in [-0.39, 0.29) is 6.10 Å². The second kappa shape index (κ2) is 5.31. The average Bonchev–Trinajstić information content (AvgIpc) is 2.05. The standard InChI is InChI=1S/C13H27NO/c1-13(2,3)10-14(4)9-11-5-7-12(15)8-6-11/h11-12,15H,5-10H2,1-4H3. The summed E-state index contributed by atoms with van der Waals surface area (Å²) in [7, 11) is 2.22. The Balaban J connectivity index is 2.23. The van der Waals surface area contributed by atoms with E-state index in [1.54, 1.807) is 0 Å². The Morgan fingerprint density at radius 1 is 1.13 bits per heavy atom. The third-order valence-corrected chi connectivity index (χ3v) is 3.13. The summed E-state index contributed by atoms with van der Waals surface area (Å²) in [5.41, 5.74) is 0.392. The number of rotatable bonds is 3. The lowest BCUT2D eigenvalue weighted by Gasteiger charge is -2.32. The summed E-state index contributed by atoms with van der Waals surface area (Å²) in [5.74, 6) is 0.806. The Morgan fingerprint density at radius 3 is 2.13 bits per heavy atom. The Kier molecular flexibility index (Phi) is 4.60. The third-order valence-electron chi connectivity index (χ3n) is 3.13. The first-order valence-electron chi connectivity index (χ1n) is 6.23. The van der Waals surface area contributed by atoms with Crippen LogP contribution in [0.15, 0.2) is 0 Å². The summed E-state index contributed by atoms with van der Waals surface area (Å²) < 4.78 is 0. The molecule has 0 heterocycles. The van der Waals surface area contributed by atoms with Crippen molar-refractivity contribution in [1.29, 1.82) is 0 Å². The topological polar surface area (TPSA) is 23.5 Å². The zero-order valence-electron chi connectivity index (χ0n) is 10.8. The van der Waals surface area contributed by atoms with Crippen LogP contribution in [0.25, 0.3) is 0 Å². The molecule has 1 aliphatic rings. The van der Waals surface area contributed by atoms with E-state index in [9.17, 15) is 5.11 Å². The van der Waals surface area contributed by atoms with Crippen molar-refractivity contribution in [3.8, 4) is 0 Å². The summed E-state index contributed by atoms with van der Waals surface area (Å²) in [6, 6.07) is 0. The van der Waals surface area contributed by atoms with E-state index < -0.39 is 0 Å². The Bertz CT molecular complexity index is 177. The van der Waals surface area contributed by atoms with Gasteiger partial charge < -0.3 is 10.0 Å². The van der Waals surface area contributed by atoms with Crippen molar-refractivity contribution in [3.63, 3.8) is 0 Å². The molecule has 1 rings (SSSR count). The van der Waals surface area contributed by atoms with E-state index in [4.69, 9.17) is 0 Å². The van der Waals surface area contributed by atoms with Crippen molar-refractivity contribution in [1.82, 2.24) is 4.90 Å². The predicted molar refractivity (Wildman–Crippen MR) is 64.9 cm³/mol. The Morgan fingerprint density at radius 2 is 1.67 bits per heavy atom. The lowest BCUT2D eigenvalue weighted by molar-refractivity contribution is 0.0923. The molecular formula is C13H27NO. The van der Waals surface area contributed by atoms with E-state index in [2.05, 4.69) is 32.7 Å². The minimum Gasteiger partial charge on any atom is -0.393 e. The summed E-state index contributed by atoms with van der Waals surface area (Å²) in [6.07, 6.45) is 4.40. The fourth-order valence-electron chi connectivity index (χ4n) is 2.64. The molecule has 1 aliphatic carbocycles. The van der Waals surface area contributed by atoms with Crippen LogP contribution in [-0.2, 0) is 0 Å². The fraction of sp³-hybridized carbons (Fsp3) is 1.00. The van der Waals surface area contributed by atoms with Crippen LogP contribution in [0.1, 0.15) is 46.5 Å². The van der Waals surface area contributed by atoms with E-state index in [0.29, 0.717) is 5.41 Å². The van der Waals surface area contributed by atoms with Crippen LogP contribution < -0.4 is 0 Å². The lowest BCUT2D eigenvalue weighted by atomic mass is 9.86. The van der Waals surface area contributed by atoms with Crippen LogP contribution in [0.2, 0.25) is 0 Å². The molecule has 0 amide bonds.